The summed E-state index contributed by atoms with van der Waals surface area (Å²) in [4.78, 5) is 4.90. The van der Waals surface area contributed by atoms with Crippen LogP contribution in [0.15, 0.2) is 243 Å². The van der Waals surface area contributed by atoms with E-state index in [1.807, 2.05) is 0 Å². The zero-order valence-electron chi connectivity index (χ0n) is 33.5. The summed E-state index contributed by atoms with van der Waals surface area (Å²) in [5, 5.41) is 2.45. The minimum atomic E-state index is -0.546. The van der Waals surface area contributed by atoms with Crippen molar-refractivity contribution >= 4 is 44.9 Å². The Labute approximate surface area is 356 Å². The minimum Gasteiger partial charge on any atom is -0.310 e. The number of para-hydroxylation sites is 2. The quantitative estimate of drug-likeness (QED) is 0.159. The molecule has 2 heteroatoms. The number of nitrogens with zero attached hydrogens (tertiary/aromatic N) is 2. The summed E-state index contributed by atoms with van der Waals surface area (Å²) in [5.41, 5.74) is 18.9. The molecule has 1 spiro atoms. The average Bonchev–Trinajstić information content (AvgIpc) is 3.81. The summed E-state index contributed by atoms with van der Waals surface area (Å²) < 4.78 is 0. The van der Waals surface area contributed by atoms with Gasteiger partial charge in [-0.25, -0.2) is 0 Å². The Bertz CT molecular complexity index is 3250. The van der Waals surface area contributed by atoms with Gasteiger partial charge in [-0.1, -0.05) is 182 Å². The van der Waals surface area contributed by atoms with Crippen LogP contribution in [0.3, 0.4) is 0 Å². The van der Waals surface area contributed by atoms with Crippen LogP contribution >= 0.6 is 0 Å². The predicted octanol–water partition coefficient (Wildman–Crippen LogP) is 15.8. The third-order valence-electron chi connectivity index (χ3n) is 12.8. The van der Waals surface area contributed by atoms with Crippen LogP contribution in [-0.2, 0) is 5.41 Å². The Balaban J connectivity index is 1.11. The largest absolute Gasteiger partial charge is 0.310 e. The highest BCUT2D eigenvalue weighted by Crippen LogP contribution is 2.66. The number of anilines is 6. The van der Waals surface area contributed by atoms with Gasteiger partial charge in [0.1, 0.15) is 0 Å². The molecule has 0 heterocycles. The molecule has 2 aliphatic rings. The predicted molar refractivity (Wildman–Crippen MR) is 255 cm³/mol. The van der Waals surface area contributed by atoms with Crippen LogP contribution in [0.25, 0.3) is 44.2 Å². The van der Waals surface area contributed by atoms with Crippen LogP contribution in [0, 0.1) is 0 Å². The Morgan fingerprint density at radius 1 is 0.262 bits per heavy atom. The first kappa shape index (κ1) is 35.0. The molecule has 1 unspecified atom stereocenters. The van der Waals surface area contributed by atoms with E-state index in [4.69, 9.17) is 0 Å². The molecule has 0 aliphatic heterocycles. The molecule has 2 aliphatic carbocycles. The molecule has 0 N–H and O–H groups in total. The van der Waals surface area contributed by atoms with Gasteiger partial charge in [0.2, 0.25) is 0 Å². The third kappa shape index (κ3) is 5.36. The average molecular weight is 777 g/mol. The summed E-state index contributed by atoms with van der Waals surface area (Å²) in [5.74, 6) is 0. The molecule has 10 aromatic carbocycles. The van der Waals surface area contributed by atoms with E-state index >= 15 is 0 Å². The highest BCUT2D eigenvalue weighted by Gasteiger charge is 2.53. The van der Waals surface area contributed by atoms with Crippen molar-refractivity contribution in [2.45, 2.75) is 5.41 Å². The Morgan fingerprint density at radius 2 is 0.672 bits per heavy atom. The van der Waals surface area contributed by atoms with E-state index in [1.54, 1.807) is 0 Å². The molecule has 12 rings (SSSR count). The summed E-state index contributed by atoms with van der Waals surface area (Å²) in [6.07, 6.45) is 0. The van der Waals surface area contributed by atoms with E-state index in [0.717, 1.165) is 34.1 Å². The summed E-state index contributed by atoms with van der Waals surface area (Å²) in [6.45, 7) is 0. The second-order valence-electron chi connectivity index (χ2n) is 16.0. The molecular formula is C59H40N2. The van der Waals surface area contributed by atoms with Gasteiger partial charge in [0, 0.05) is 33.9 Å². The molecule has 61 heavy (non-hydrogen) atoms. The molecule has 1 atom stereocenters. The monoisotopic (exact) mass is 776 g/mol. The maximum atomic E-state index is 2.45. The number of fused-ring (bicyclic) bond motifs is 11. The molecule has 286 valence electrons. The van der Waals surface area contributed by atoms with Crippen molar-refractivity contribution in [2.75, 3.05) is 9.80 Å². The highest BCUT2D eigenvalue weighted by atomic mass is 15.2. The van der Waals surface area contributed by atoms with Gasteiger partial charge in [0.15, 0.2) is 0 Å². The van der Waals surface area contributed by atoms with Gasteiger partial charge in [-0.3, -0.25) is 0 Å². The first-order chi connectivity index (χ1) is 30.3. The van der Waals surface area contributed by atoms with Crippen molar-refractivity contribution < 1.29 is 0 Å². The van der Waals surface area contributed by atoms with E-state index in [9.17, 15) is 0 Å². The van der Waals surface area contributed by atoms with Crippen LogP contribution in [0.1, 0.15) is 22.3 Å². The fraction of sp³-hybridized carbons (Fsp3) is 0.0169. The van der Waals surface area contributed by atoms with Crippen LogP contribution in [-0.4, -0.2) is 0 Å². The number of rotatable bonds is 7. The lowest BCUT2D eigenvalue weighted by atomic mass is 9.70. The summed E-state index contributed by atoms with van der Waals surface area (Å²) >= 11 is 0. The lowest BCUT2D eigenvalue weighted by Crippen LogP contribution is -2.26. The third-order valence-corrected chi connectivity index (χ3v) is 12.8. The van der Waals surface area contributed by atoms with Crippen molar-refractivity contribution in [3.05, 3.63) is 265 Å². The first-order valence-corrected chi connectivity index (χ1v) is 21.1. The molecule has 2 nitrogen and oxygen atoms in total. The van der Waals surface area contributed by atoms with Gasteiger partial charge >= 0.3 is 0 Å². The van der Waals surface area contributed by atoms with Gasteiger partial charge in [-0.15, -0.1) is 0 Å². The van der Waals surface area contributed by atoms with Gasteiger partial charge in [0.25, 0.3) is 0 Å². The van der Waals surface area contributed by atoms with Crippen molar-refractivity contribution in [3.63, 3.8) is 0 Å². The Morgan fingerprint density at radius 3 is 1.25 bits per heavy atom. The molecule has 10 aromatic rings. The lowest BCUT2D eigenvalue weighted by molar-refractivity contribution is 0.793. The molecular weight excluding hydrogens is 737 g/mol. The Hall–Kier alpha value is -7.94. The lowest BCUT2D eigenvalue weighted by Gasteiger charge is -2.32. The van der Waals surface area contributed by atoms with Crippen molar-refractivity contribution in [1.29, 1.82) is 0 Å². The molecule has 0 fully saturated rings. The summed E-state index contributed by atoms with van der Waals surface area (Å²) in [6, 6.07) is 89.0. The molecule has 0 radical (unpaired) electrons. The zero-order chi connectivity index (χ0) is 40.3. The normalized spacial score (nSPS) is 14.3. The second-order valence-corrected chi connectivity index (χ2v) is 16.0. The van der Waals surface area contributed by atoms with E-state index in [-0.39, 0.29) is 0 Å². The van der Waals surface area contributed by atoms with Crippen LogP contribution < -0.4 is 9.80 Å². The van der Waals surface area contributed by atoms with Gasteiger partial charge in [0.05, 0.1) is 16.8 Å². The smallest absolute Gasteiger partial charge is 0.0727 e. The van der Waals surface area contributed by atoms with Crippen LogP contribution in [0.2, 0.25) is 0 Å². The molecule has 0 amide bonds. The van der Waals surface area contributed by atoms with Crippen molar-refractivity contribution in [1.82, 2.24) is 0 Å². The fourth-order valence-corrected chi connectivity index (χ4v) is 10.3. The van der Waals surface area contributed by atoms with E-state index < -0.39 is 5.41 Å². The van der Waals surface area contributed by atoms with E-state index in [1.165, 1.54) is 66.4 Å². The standard InChI is InChI=1S/C59H40N2/c1-4-18-41(19-5-1)43-34-37-47(38-35-43)60(45-22-6-2-7-23-45)55-32-16-30-53-57(55)49-26-12-14-28-51(49)59(53)52-29-15-13-27-50(52)58-54(59)31-17-33-56(58)61(46-24-8-3-9-25-46)48-39-36-42-20-10-11-21-44(42)40-48/h1-40H. The van der Waals surface area contributed by atoms with Gasteiger partial charge in [-0.2, -0.15) is 0 Å². The first-order valence-electron chi connectivity index (χ1n) is 21.1. The topological polar surface area (TPSA) is 6.48 Å². The van der Waals surface area contributed by atoms with Gasteiger partial charge in [-0.05, 0) is 116 Å². The van der Waals surface area contributed by atoms with Crippen molar-refractivity contribution in [2.24, 2.45) is 0 Å². The Kier molecular flexibility index (Phi) is 8.11. The van der Waals surface area contributed by atoms with Crippen LogP contribution in [0.4, 0.5) is 34.1 Å². The number of hydrogen-bond acceptors (Lipinski definition) is 2. The van der Waals surface area contributed by atoms with Crippen LogP contribution in [0.5, 0.6) is 0 Å². The van der Waals surface area contributed by atoms with E-state index in [0.29, 0.717) is 0 Å². The zero-order valence-corrected chi connectivity index (χ0v) is 33.5. The van der Waals surface area contributed by atoms with Gasteiger partial charge < -0.3 is 9.80 Å². The molecule has 0 bridgehead atoms. The molecule has 0 saturated heterocycles. The highest BCUT2D eigenvalue weighted by molar-refractivity contribution is 6.04. The second kappa shape index (κ2) is 14.1. The summed E-state index contributed by atoms with van der Waals surface area (Å²) in [7, 11) is 0. The fourth-order valence-electron chi connectivity index (χ4n) is 10.3. The molecule has 0 saturated carbocycles. The molecule has 0 aromatic heterocycles. The maximum absolute atomic E-state index is 2.45. The minimum absolute atomic E-state index is 0.546. The SMILES string of the molecule is c1ccc(-c2ccc(N(c3ccccc3)c3cccc4c3-c3ccccc3C43c4ccccc4-c4c(N(c5ccccc5)c5ccc6ccccc6c5)cccc43)cc2)cc1. The number of hydrogen-bond donors (Lipinski definition) is 0. The van der Waals surface area contributed by atoms with E-state index in [2.05, 4.69) is 252 Å². The maximum Gasteiger partial charge on any atom is 0.0727 e. The van der Waals surface area contributed by atoms with Crippen molar-refractivity contribution in [3.8, 4) is 33.4 Å². The number of benzene rings is 10.